The van der Waals surface area contributed by atoms with Crippen molar-refractivity contribution >= 4 is 16.7 Å². The van der Waals surface area contributed by atoms with E-state index < -0.39 is 6.36 Å². The molecule has 0 amide bonds. The third-order valence-corrected chi connectivity index (χ3v) is 5.97. The number of hydrogen-bond acceptors (Lipinski definition) is 6. The van der Waals surface area contributed by atoms with Crippen LogP contribution in [0, 0.1) is 17.2 Å². The SMILES string of the molecule is C[C@H]1CN(c2cc(=O)n(C)c3ccc(C#N)nc23)CC[C@H]1OCc1ccc(OC(F)(F)F)cc1. The molecule has 4 rings (SSSR count). The maximum atomic E-state index is 12.5. The zero-order chi connectivity index (χ0) is 24.5. The molecule has 1 aromatic carbocycles. The Bertz CT molecular complexity index is 1280. The second kappa shape index (κ2) is 9.35. The number of aromatic nitrogens is 2. The van der Waals surface area contributed by atoms with E-state index >= 15 is 0 Å². The van der Waals surface area contributed by atoms with Gasteiger partial charge in [-0.15, -0.1) is 13.2 Å². The van der Waals surface area contributed by atoms with E-state index in [-0.39, 0.29) is 35.6 Å². The van der Waals surface area contributed by atoms with Crippen LogP contribution in [0.3, 0.4) is 0 Å². The summed E-state index contributed by atoms with van der Waals surface area (Å²) < 4.78 is 48.4. The standard InChI is InChI=1S/C24H23F3N4O3/c1-15-13-31(20-11-22(32)30(2)19-8-5-17(12-28)29-23(19)20)10-9-21(15)33-14-16-3-6-18(7-4-16)34-24(25,26)27/h3-8,11,15,21H,9-10,13-14H2,1-2H3/t15-,21+/m0/s1. The lowest BCUT2D eigenvalue weighted by Gasteiger charge is -2.38. The fourth-order valence-corrected chi connectivity index (χ4v) is 4.20. The molecule has 1 saturated heterocycles. The lowest BCUT2D eigenvalue weighted by molar-refractivity contribution is -0.274. The van der Waals surface area contributed by atoms with Gasteiger partial charge in [0.05, 0.1) is 23.9 Å². The molecule has 0 aliphatic carbocycles. The number of aryl methyl sites for hydroxylation is 1. The number of pyridine rings is 2. The van der Waals surface area contributed by atoms with E-state index in [9.17, 15) is 23.2 Å². The first-order valence-corrected chi connectivity index (χ1v) is 10.8. The van der Waals surface area contributed by atoms with E-state index in [1.807, 2.05) is 6.07 Å². The molecule has 2 atom stereocenters. The van der Waals surface area contributed by atoms with Crippen molar-refractivity contribution in [1.82, 2.24) is 9.55 Å². The normalized spacial score (nSPS) is 18.6. The Morgan fingerprint density at radius 1 is 1.21 bits per heavy atom. The summed E-state index contributed by atoms with van der Waals surface area (Å²) in [5.74, 6) is -0.146. The van der Waals surface area contributed by atoms with Crippen LogP contribution in [0.1, 0.15) is 24.6 Å². The van der Waals surface area contributed by atoms with E-state index in [1.54, 1.807) is 37.4 Å². The molecule has 2 aromatic heterocycles. The summed E-state index contributed by atoms with van der Waals surface area (Å²) in [6.07, 6.45) is -4.07. The molecule has 7 nitrogen and oxygen atoms in total. The number of nitriles is 1. The van der Waals surface area contributed by atoms with Gasteiger partial charge in [0.25, 0.3) is 5.56 Å². The van der Waals surface area contributed by atoms with Gasteiger partial charge in [0, 0.05) is 26.2 Å². The molecule has 3 heterocycles. The molecular formula is C24H23F3N4O3. The van der Waals surface area contributed by atoms with Crippen molar-refractivity contribution < 1.29 is 22.6 Å². The van der Waals surface area contributed by atoms with Crippen LogP contribution < -0.4 is 15.2 Å². The second-order valence-corrected chi connectivity index (χ2v) is 8.36. The number of alkyl halides is 3. The predicted molar refractivity (Wildman–Crippen MR) is 119 cm³/mol. The number of hydrogen-bond donors (Lipinski definition) is 0. The minimum absolute atomic E-state index is 0.0530. The van der Waals surface area contributed by atoms with E-state index in [1.165, 1.54) is 16.7 Å². The first-order chi connectivity index (χ1) is 16.1. The fraction of sp³-hybridized carbons (Fsp3) is 0.375. The van der Waals surface area contributed by atoms with Crippen molar-refractivity contribution in [3.05, 3.63) is 64.1 Å². The summed E-state index contributed by atoms with van der Waals surface area (Å²) in [4.78, 5) is 19.0. The quantitative estimate of drug-likeness (QED) is 0.556. The highest BCUT2D eigenvalue weighted by molar-refractivity contribution is 5.88. The average molecular weight is 472 g/mol. The minimum Gasteiger partial charge on any atom is -0.406 e. The maximum absolute atomic E-state index is 12.5. The molecule has 0 bridgehead atoms. The van der Waals surface area contributed by atoms with Crippen LogP contribution in [0.5, 0.6) is 5.75 Å². The monoisotopic (exact) mass is 472 g/mol. The summed E-state index contributed by atoms with van der Waals surface area (Å²) in [6.45, 7) is 3.58. The molecule has 0 radical (unpaired) electrons. The molecule has 0 spiro atoms. The molecular weight excluding hydrogens is 449 g/mol. The zero-order valence-electron chi connectivity index (χ0n) is 18.7. The number of piperidine rings is 1. The van der Waals surface area contributed by atoms with Gasteiger partial charge >= 0.3 is 6.36 Å². The number of ether oxygens (including phenoxy) is 2. The van der Waals surface area contributed by atoms with Gasteiger partial charge in [-0.3, -0.25) is 4.79 Å². The third kappa shape index (κ3) is 5.15. The fourth-order valence-electron chi connectivity index (χ4n) is 4.20. The zero-order valence-corrected chi connectivity index (χ0v) is 18.7. The molecule has 0 saturated carbocycles. The van der Waals surface area contributed by atoms with Gasteiger partial charge in [-0.05, 0) is 42.2 Å². The molecule has 0 N–H and O–H groups in total. The van der Waals surface area contributed by atoms with Crippen LogP contribution in [0.25, 0.3) is 11.0 Å². The molecule has 1 aliphatic rings. The van der Waals surface area contributed by atoms with Gasteiger partial charge < -0.3 is 18.9 Å². The van der Waals surface area contributed by atoms with Crippen LogP contribution >= 0.6 is 0 Å². The Morgan fingerprint density at radius 3 is 2.59 bits per heavy atom. The predicted octanol–water partition coefficient (Wildman–Crippen LogP) is 4.14. The number of anilines is 1. The number of rotatable bonds is 5. The molecule has 178 valence electrons. The van der Waals surface area contributed by atoms with E-state index in [2.05, 4.69) is 21.5 Å². The first kappa shape index (κ1) is 23.6. The van der Waals surface area contributed by atoms with Gasteiger partial charge in [0.2, 0.25) is 0 Å². The van der Waals surface area contributed by atoms with Gasteiger partial charge in [0.15, 0.2) is 0 Å². The number of benzene rings is 1. The smallest absolute Gasteiger partial charge is 0.406 e. The van der Waals surface area contributed by atoms with Crippen LogP contribution in [0.2, 0.25) is 0 Å². The maximum Gasteiger partial charge on any atom is 0.573 e. The van der Waals surface area contributed by atoms with Crippen LogP contribution in [0.15, 0.2) is 47.3 Å². The van der Waals surface area contributed by atoms with Crippen molar-refractivity contribution in [2.24, 2.45) is 13.0 Å². The van der Waals surface area contributed by atoms with Crippen molar-refractivity contribution in [3.63, 3.8) is 0 Å². The molecule has 10 heteroatoms. The number of fused-ring (bicyclic) bond motifs is 1. The summed E-state index contributed by atoms with van der Waals surface area (Å²) in [6, 6.07) is 12.5. The Morgan fingerprint density at radius 2 is 1.94 bits per heavy atom. The number of halogens is 3. The van der Waals surface area contributed by atoms with Crippen LogP contribution in [-0.4, -0.2) is 35.1 Å². The Kier molecular flexibility index (Phi) is 6.48. The largest absolute Gasteiger partial charge is 0.573 e. The molecule has 3 aromatic rings. The van der Waals surface area contributed by atoms with Gasteiger partial charge in [-0.2, -0.15) is 5.26 Å². The highest BCUT2D eigenvalue weighted by atomic mass is 19.4. The highest BCUT2D eigenvalue weighted by Crippen LogP contribution is 2.30. The van der Waals surface area contributed by atoms with Crippen LogP contribution in [-0.2, 0) is 18.4 Å². The van der Waals surface area contributed by atoms with Crippen molar-refractivity contribution in [2.45, 2.75) is 32.4 Å². The van der Waals surface area contributed by atoms with E-state index in [0.29, 0.717) is 36.2 Å². The highest BCUT2D eigenvalue weighted by Gasteiger charge is 2.31. The lowest BCUT2D eigenvalue weighted by atomic mass is 9.95. The number of nitrogens with zero attached hydrogens (tertiary/aromatic N) is 4. The van der Waals surface area contributed by atoms with Gasteiger partial charge in [0.1, 0.15) is 23.0 Å². The van der Waals surface area contributed by atoms with Crippen molar-refractivity contribution in [1.29, 1.82) is 5.26 Å². The Balaban J connectivity index is 1.44. The Hall–Kier alpha value is -3.58. The summed E-state index contributed by atoms with van der Waals surface area (Å²) in [5, 5.41) is 9.25. The molecule has 0 unspecified atom stereocenters. The molecule has 1 aliphatic heterocycles. The second-order valence-electron chi connectivity index (χ2n) is 8.36. The van der Waals surface area contributed by atoms with Crippen LogP contribution in [0.4, 0.5) is 18.9 Å². The van der Waals surface area contributed by atoms with Crippen molar-refractivity contribution in [3.8, 4) is 11.8 Å². The topological polar surface area (TPSA) is 80.4 Å². The van der Waals surface area contributed by atoms with Gasteiger partial charge in [-0.1, -0.05) is 19.1 Å². The third-order valence-electron chi connectivity index (χ3n) is 5.97. The first-order valence-electron chi connectivity index (χ1n) is 10.8. The summed E-state index contributed by atoms with van der Waals surface area (Å²) in [7, 11) is 1.67. The summed E-state index contributed by atoms with van der Waals surface area (Å²) >= 11 is 0. The lowest BCUT2D eigenvalue weighted by Crippen LogP contribution is -2.43. The minimum atomic E-state index is -4.72. The molecule has 1 fully saturated rings. The Labute approximate surface area is 194 Å². The summed E-state index contributed by atoms with van der Waals surface area (Å²) in [5.41, 5.74) is 2.83. The average Bonchev–Trinajstić information content (AvgIpc) is 2.80. The molecule has 34 heavy (non-hydrogen) atoms. The van der Waals surface area contributed by atoms with Gasteiger partial charge in [-0.25, -0.2) is 4.98 Å². The van der Waals surface area contributed by atoms with Crippen molar-refractivity contribution in [2.75, 3.05) is 18.0 Å². The van der Waals surface area contributed by atoms with E-state index in [0.717, 1.165) is 5.56 Å². The van der Waals surface area contributed by atoms with E-state index in [4.69, 9.17) is 4.74 Å².